The predicted octanol–water partition coefficient (Wildman–Crippen LogP) is 5.19. The van der Waals surface area contributed by atoms with E-state index in [4.69, 9.17) is 4.74 Å². The first-order chi connectivity index (χ1) is 19.7. The Morgan fingerprint density at radius 3 is 2.63 bits per heavy atom. The zero-order valence-electron chi connectivity index (χ0n) is 22.6. The fourth-order valence-corrected chi connectivity index (χ4v) is 6.07. The second-order valence-corrected chi connectivity index (χ2v) is 12.2. The first-order valence-electron chi connectivity index (χ1n) is 13.5. The summed E-state index contributed by atoms with van der Waals surface area (Å²) in [6.07, 6.45) is 4.06. The van der Waals surface area contributed by atoms with Crippen molar-refractivity contribution in [3.05, 3.63) is 64.6 Å². The van der Waals surface area contributed by atoms with Gasteiger partial charge in [0.1, 0.15) is 16.3 Å². The summed E-state index contributed by atoms with van der Waals surface area (Å²) < 4.78 is 45.6. The maximum absolute atomic E-state index is 14.2. The maximum atomic E-state index is 14.2. The van der Waals surface area contributed by atoms with E-state index < -0.39 is 15.1 Å². The summed E-state index contributed by atoms with van der Waals surface area (Å²) >= 11 is 0. The van der Waals surface area contributed by atoms with E-state index in [1.54, 1.807) is 24.3 Å². The number of nitrogens with zero attached hydrogens (tertiary/aromatic N) is 3. The third kappa shape index (κ3) is 4.83. The summed E-state index contributed by atoms with van der Waals surface area (Å²) in [4.78, 5) is 21.0. The minimum Gasteiger partial charge on any atom is -0.493 e. The number of aromatic amines is 1. The standard InChI is InChI=1S/C30H28FN5O4S/c1-17(2)16-40-27-12-24-26(11-23(27)19-10-21(15-34-14-19)41(31,38)39)36(20-5-7-33-8-6-20)30-28(29(24)37)22-4-3-18(13-32)9-25(22)35-30/h3-4,9-12,14-15,17,20,33,35H,5-8,16H2,1-2H3. The van der Waals surface area contributed by atoms with Gasteiger partial charge in [0.15, 0.2) is 5.43 Å². The van der Waals surface area contributed by atoms with Gasteiger partial charge in [0.05, 0.1) is 34.5 Å². The van der Waals surface area contributed by atoms with Crippen LogP contribution in [0.3, 0.4) is 0 Å². The number of piperidine rings is 1. The lowest BCUT2D eigenvalue weighted by Gasteiger charge is -2.28. The summed E-state index contributed by atoms with van der Waals surface area (Å²) in [5.74, 6) is 0.548. The van der Waals surface area contributed by atoms with Crippen molar-refractivity contribution in [2.24, 2.45) is 5.92 Å². The minimum absolute atomic E-state index is 0.0521. The van der Waals surface area contributed by atoms with Crippen molar-refractivity contribution in [2.75, 3.05) is 19.7 Å². The lowest BCUT2D eigenvalue weighted by molar-refractivity contribution is 0.272. The molecule has 1 saturated heterocycles. The van der Waals surface area contributed by atoms with Crippen molar-refractivity contribution < 1.29 is 17.0 Å². The zero-order chi connectivity index (χ0) is 28.9. The van der Waals surface area contributed by atoms with Gasteiger partial charge in [0.2, 0.25) is 0 Å². The van der Waals surface area contributed by atoms with Crippen LogP contribution in [0.5, 0.6) is 5.75 Å². The molecule has 210 valence electrons. The summed E-state index contributed by atoms with van der Waals surface area (Å²) in [5, 5.41) is 14.5. The Labute approximate surface area is 235 Å². The monoisotopic (exact) mass is 573 g/mol. The van der Waals surface area contributed by atoms with Crippen molar-refractivity contribution in [1.82, 2.24) is 19.9 Å². The molecule has 0 atom stereocenters. The summed E-state index contributed by atoms with van der Waals surface area (Å²) in [6, 6.07) is 12.2. The average Bonchev–Trinajstić information content (AvgIpc) is 3.34. The van der Waals surface area contributed by atoms with Crippen LogP contribution in [0.15, 0.2) is 58.5 Å². The van der Waals surface area contributed by atoms with E-state index in [9.17, 15) is 22.4 Å². The van der Waals surface area contributed by atoms with Crippen LogP contribution < -0.4 is 15.5 Å². The highest BCUT2D eigenvalue weighted by Gasteiger charge is 2.25. The molecule has 2 N–H and O–H groups in total. The second-order valence-electron chi connectivity index (χ2n) is 10.8. The predicted molar refractivity (Wildman–Crippen MR) is 155 cm³/mol. The fourth-order valence-electron chi connectivity index (χ4n) is 5.61. The van der Waals surface area contributed by atoms with Crippen molar-refractivity contribution in [3.63, 3.8) is 0 Å². The Hall–Kier alpha value is -4.27. The van der Waals surface area contributed by atoms with Crippen LogP contribution in [0.25, 0.3) is 44.0 Å². The number of H-pyrrole nitrogens is 1. The highest BCUT2D eigenvalue weighted by Crippen LogP contribution is 2.38. The van der Waals surface area contributed by atoms with E-state index in [1.807, 2.05) is 19.9 Å². The van der Waals surface area contributed by atoms with E-state index >= 15 is 0 Å². The van der Waals surface area contributed by atoms with Crippen LogP contribution in [0.4, 0.5) is 3.89 Å². The quantitative estimate of drug-likeness (QED) is 0.268. The van der Waals surface area contributed by atoms with Crippen LogP contribution in [0.2, 0.25) is 0 Å². The first-order valence-corrected chi connectivity index (χ1v) is 14.9. The number of benzene rings is 2. The van der Waals surface area contributed by atoms with E-state index in [1.165, 1.54) is 12.3 Å². The number of hydrogen-bond acceptors (Lipinski definition) is 7. The molecule has 0 saturated carbocycles. The Morgan fingerprint density at radius 1 is 1.15 bits per heavy atom. The van der Waals surface area contributed by atoms with Gasteiger partial charge >= 0.3 is 10.2 Å². The molecule has 2 aromatic carbocycles. The molecule has 0 bridgehead atoms. The summed E-state index contributed by atoms with van der Waals surface area (Å²) in [5.41, 5.74) is 3.13. The zero-order valence-corrected chi connectivity index (χ0v) is 23.4. The van der Waals surface area contributed by atoms with E-state index in [0.29, 0.717) is 56.5 Å². The molecular weight excluding hydrogens is 545 g/mol. The minimum atomic E-state index is -4.99. The molecule has 41 heavy (non-hydrogen) atoms. The summed E-state index contributed by atoms with van der Waals surface area (Å²) in [7, 11) is -4.99. The van der Waals surface area contributed by atoms with Crippen molar-refractivity contribution >= 4 is 43.1 Å². The smallest absolute Gasteiger partial charge is 0.333 e. The van der Waals surface area contributed by atoms with Crippen LogP contribution in [-0.2, 0) is 10.2 Å². The number of hydrogen-bond donors (Lipinski definition) is 2. The average molecular weight is 574 g/mol. The van der Waals surface area contributed by atoms with Gasteiger partial charge in [-0.25, -0.2) is 0 Å². The molecule has 11 heteroatoms. The highest BCUT2D eigenvalue weighted by atomic mass is 32.3. The third-order valence-electron chi connectivity index (χ3n) is 7.53. The number of pyridine rings is 2. The number of halogens is 1. The molecule has 0 unspecified atom stereocenters. The number of nitriles is 1. The molecule has 1 fully saturated rings. The normalized spacial score (nSPS) is 14.7. The van der Waals surface area contributed by atoms with Crippen LogP contribution in [0, 0.1) is 17.2 Å². The molecule has 1 aliphatic heterocycles. The lowest BCUT2D eigenvalue weighted by atomic mass is 9.99. The maximum Gasteiger partial charge on any atom is 0.333 e. The first kappa shape index (κ1) is 26.9. The van der Waals surface area contributed by atoms with Gasteiger partial charge in [-0.2, -0.15) is 13.7 Å². The molecule has 6 rings (SSSR count). The molecule has 0 amide bonds. The number of rotatable bonds is 6. The molecule has 1 aliphatic rings. The topological polar surface area (TPSA) is 130 Å². The van der Waals surface area contributed by atoms with Gasteiger partial charge in [0.25, 0.3) is 0 Å². The lowest BCUT2D eigenvalue weighted by Crippen LogP contribution is -2.30. The third-order valence-corrected chi connectivity index (χ3v) is 8.32. The van der Waals surface area contributed by atoms with Gasteiger partial charge in [-0.05, 0) is 62.2 Å². The van der Waals surface area contributed by atoms with Gasteiger partial charge in [0, 0.05) is 40.5 Å². The second kappa shape index (κ2) is 10.3. The molecule has 9 nitrogen and oxygen atoms in total. The van der Waals surface area contributed by atoms with Crippen molar-refractivity contribution in [1.29, 1.82) is 5.26 Å². The SMILES string of the molecule is CC(C)COc1cc2c(=O)c3c4ccc(C#N)cc4[nH]c3n(C3CCNCC3)c2cc1-c1cncc(S(=O)(=O)F)c1. The molecule has 3 aromatic heterocycles. The largest absolute Gasteiger partial charge is 0.493 e. The Morgan fingerprint density at radius 2 is 1.93 bits per heavy atom. The molecular formula is C30H28FN5O4S. The van der Waals surface area contributed by atoms with Gasteiger partial charge < -0.3 is 19.6 Å². The number of ether oxygens (including phenoxy) is 1. The Kier molecular flexibility index (Phi) is 6.76. The van der Waals surface area contributed by atoms with Crippen LogP contribution >= 0.6 is 0 Å². The molecule has 0 spiro atoms. The Bertz CT molecular complexity index is 2040. The van der Waals surface area contributed by atoms with E-state index in [2.05, 4.69) is 25.9 Å². The van der Waals surface area contributed by atoms with Crippen molar-refractivity contribution in [2.45, 2.75) is 37.6 Å². The van der Waals surface area contributed by atoms with Crippen LogP contribution in [0.1, 0.15) is 38.3 Å². The summed E-state index contributed by atoms with van der Waals surface area (Å²) in [6.45, 7) is 5.95. The van der Waals surface area contributed by atoms with Gasteiger partial charge in [-0.3, -0.25) is 9.78 Å². The number of aromatic nitrogens is 3. The fraction of sp³-hybridized carbons (Fsp3) is 0.300. The van der Waals surface area contributed by atoms with Crippen molar-refractivity contribution in [3.8, 4) is 22.9 Å². The number of fused-ring (bicyclic) bond motifs is 4. The molecule has 4 heterocycles. The van der Waals surface area contributed by atoms with Gasteiger partial charge in [-0.15, -0.1) is 3.89 Å². The van der Waals surface area contributed by atoms with E-state index in [-0.39, 0.29) is 17.4 Å². The van der Waals surface area contributed by atoms with E-state index in [0.717, 1.165) is 37.5 Å². The van der Waals surface area contributed by atoms with Gasteiger partial charge in [-0.1, -0.05) is 19.9 Å². The number of nitrogens with one attached hydrogen (secondary N) is 2. The van der Waals surface area contributed by atoms with Crippen LogP contribution in [-0.4, -0.2) is 42.6 Å². The molecule has 0 radical (unpaired) electrons. The molecule has 0 aliphatic carbocycles. The Balaban J connectivity index is 1.73. The highest BCUT2D eigenvalue weighted by molar-refractivity contribution is 7.86. The molecule has 5 aromatic rings.